The van der Waals surface area contributed by atoms with Crippen LogP contribution < -0.4 is 0 Å². The molecule has 0 unspecified atom stereocenters. The summed E-state index contributed by atoms with van der Waals surface area (Å²) in [7, 11) is 0. The van der Waals surface area contributed by atoms with Crippen molar-refractivity contribution in [1.82, 2.24) is 0 Å². The first-order valence-corrected chi connectivity index (χ1v) is 8.41. The van der Waals surface area contributed by atoms with Gasteiger partial charge in [-0.3, -0.25) is 0 Å². The molecule has 0 amide bonds. The highest BCUT2D eigenvalue weighted by Crippen LogP contribution is 2.04. The first-order chi connectivity index (χ1) is 11.8. The Labute approximate surface area is 145 Å². The summed E-state index contributed by atoms with van der Waals surface area (Å²) in [5.74, 6) is 0. The topological polar surface area (TPSA) is 24.7 Å². The van der Waals surface area contributed by atoms with Crippen molar-refractivity contribution < 1.29 is 0 Å². The Morgan fingerprint density at radius 1 is 0.667 bits per heavy atom. The summed E-state index contributed by atoms with van der Waals surface area (Å²) in [6, 6.07) is 20.5. The SMILES string of the molecule is CCC(/C=C/c1ccccc1)=N/N=C(\C=C\c1ccccc1)CC. The van der Waals surface area contributed by atoms with E-state index in [1.54, 1.807) is 0 Å². The molecule has 2 aromatic rings. The average molecular weight is 316 g/mol. The van der Waals surface area contributed by atoms with Gasteiger partial charge in [0.2, 0.25) is 0 Å². The molecule has 2 aromatic carbocycles. The van der Waals surface area contributed by atoms with Crippen LogP contribution in [0.15, 0.2) is 83.0 Å². The Kier molecular flexibility index (Phi) is 7.42. The highest BCUT2D eigenvalue weighted by molar-refractivity contribution is 6.01. The van der Waals surface area contributed by atoms with Crippen LogP contribution in [0.4, 0.5) is 0 Å². The average Bonchev–Trinajstić information content (AvgIpc) is 2.65. The van der Waals surface area contributed by atoms with E-state index >= 15 is 0 Å². The molecule has 0 aromatic heterocycles. The quantitative estimate of drug-likeness (QED) is 0.440. The molecule has 0 aliphatic heterocycles. The zero-order chi connectivity index (χ0) is 17.0. The first kappa shape index (κ1) is 17.6. The minimum absolute atomic E-state index is 0.853. The van der Waals surface area contributed by atoms with Crippen molar-refractivity contribution in [2.45, 2.75) is 26.7 Å². The third kappa shape index (κ3) is 6.17. The smallest absolute Gasteiger partial charge is 0.0628 e. The third-order valence-electron chi connectivity index (χ3n) is 3.57. The lowest BCUT2D eigenvalue weighted by Gasteiger charge is -1.97. The zero-order valence-corrected chi connectivity index (χ0v) is 14.4. The molecule has 0 saturated heterocycles. The van der Waals surface area contributed by atoms with Gasteiger partial charge in [-0.1, -0.05) is 86.7 Å². The molecule has 0 radical (unpaired) electrons. The molecule has 122 valence electrons. The van der Waals surface area contributed by atoms with Crippen molar-refractivity contribution in [1.29, 1.82) is 0 Å². The first-order valence-electron chi connectivity index (χ1n) is 8.41. The van der Waals surface area contributed by atoms with Crippen LogP contribution in [0.25, 0.3) is 12.2 Å². The molecule has 0 fully saturated rings. The van der Waals surface area contributed by atoms with E-state index in [9.17, 15) is 0 Å². The van der Waals surface area contributed by atoms with Crippen LogP contribution in [0.2, 0.25) is 0 Å². The molecule has 0 bridgehead atoms. The van der Waals surface area contributed by atoms with E-state index in [-0.39, 0.29) is 0 Å². The summed E-state index contributed by atoms with van der Waals surface area (Å²) in [6.45, 7) is 4.18. The molecule has 2 rings (SSSR count). The summed E-state index contributed by atoms with van der Waals surface area (Å²) in [5.41, 5.74) is 4.28. The van der Waals surface area contributed by atoms with Gasteiger partial charge >= 0.3 is 0 Å². The van der Waals surface area contributed by atoms with E-state index in [4.69, 9.17) is 0 Å². The lowest BCUT2D eigenvalue weighted by Crippen LogP contribution is -1.93. The molecule has 0 aliphatic rings. The summed E-state index contributed by atoms with van der Waals surface area (Å²) < 4.78 is 0. The maximum atomic E-state index is 4.41. The maximum Gasteiger partial charge on any atom is 0.0628 e. The normalized spacial score (nSPS) is 13.1. The summed E-state index contributed by atoms with van der Waals surface area (Å²) in [5, 5.41) is 8.81. The van der Waals surface area contributed by atoms with E-state index in [1.807, 2.05) is 48.6 Å². The number of allylic oxidation sites excluding steroid dienone is 2. The minimum atomic E-state index is 0.853. The minimum Gasteiger partial charge on any atom is -0.155 e. The van der Waals surface area contributed by atoms with Gasteiger partial charge in [0.1, 0.15) is 0 Å². The number of hydrogen-bond donors (Lipinski definition) is 0. The lowest BCUT2D eigenvalue weighted by molar-refractivity contribution is 1.15. The molecular formula is C22H24N2. The highest BCUT2D eigenvalue weighted by Gasteiger charge is 1.93. The molecule has 0 aliphatic carbocycles. The van der Waals surface area contributed by atoms with Gasteiger partial charge in [0.15, 0.2) is 0 Å². The van der Waals surface area contributed by atoms with Gasteiger partial charge in [-0.05, 0) is 36.1 Å². The second kappa shape index (κ2) is 10.1. The number of rotatable bonds is 7. The summed E-state index contributed by atoms with van der Waals surface area (Å²) >= 11 is 0. The Bertz CT molecular complexity index is 658. The number of benzene rings is 2. The van der Waals surface area contributed by atoms with E-state index in [2.05, 4.69) is 60.5 Å². The van der Waals surface area contributed by atoms with Crippen molar-refractivity contribution in [3.8, 4) is 0 Å². The van der Waals surface area contributed by atoms with Gasteiger partial charge in [0.05, 0.1) is 11.4 Å². The van der Waals surface area contributed by atoms with E-state index < -0.39 is 0 Å². The standard InChI is InChI=1S/C22H24N2/c1-3-21(17-15-19-11-7-5-8-12-19)23-24-22(4-2)18-16-20-13-9-6-10-14-20/h5-18H,3-4H2,1-2H3/b17-15+,18-16+,23-21-,24-22-. The second-order valence-electron chi connectivity index (χ2n) is 5.38. The summed E-state index contributed by atoms with van der Waals surface area (Å²) in [4.78, 5) is 0. The Morgan fingerprint density at radius 2 is 1.04 bits per heavy atom. The predicted octanol–water partition coefficient (Wildman–Crippen LogP) is 6.03. The van der Waals surface area contributed by atoms with Crippen LogP contribution >= 0.6 is 0 Å². The second-order valence-corrected chi connectivity index (χ2v) is 5.38. The fraction of sp³-hybridized carbons (Fsp3) is 0.182. The number of nitrogens with zero attached hydrogens (tertiary/aromatic N) is 2. The van der Waals surface area contributed by atoms with Gasteiger partial charge < -0.3 is 0 Å². The van der Waals surface area contributed by atoms with Gasteiger partial charge in [0, 0.05) is 0 Å². The molecule has 0 saturated carbocycles. The van der Waals surface area contributed by atoms with Crippen LogP contribution in [-0.4, -0.2) is 11.4 Å². The molecule has 0 spiro atoms. The number of hydrogen-bond acceptors (Lipinski definition) is 2. The molecule has 2 heteroatoms. The van der Waals surface area contributed by atoms with E-state index in [1.165, 1.54) is 11.1 Å². The van der Waals surface area contributed by atoms with Crippen LogP contribution in [0.5, 0.6) is 0 Å². The zero-order valence-electron chi connectivity index (χ0n) is 14.4. The van der Waals surface area contributed by atoms with Crippen LogP contribution in [0.3, 0.4) is 0 Å². The fourth-order valence-corrected chi connectivity index (χ4v) is 2.09. The molecule has 2 nitrogen and oxygen atoms in total. The molecule has 0 N–H and O–H groups in total. The van der Waals surface area contributed by atoms with Crippen LogP contribution in [-0.2, 0) is 0 Å². The largest absolute Gasteiger partial charge is 0.155 e. The Balaban J connectivity index is 2.09. The van der Waals surface area contributed by atoms with Gasteiger partial charge in [-0.2, -0.15) is 10.2 Å². The fourth-order valence-electron chi connectivity index (χ4n) is 2.09. The molecule has 0 atom stereocenters. The van der Waals surface area contributed by atoms with E-state index in [0.717, 1.165) is 24.3 Å². The maximum absolute atomic E-state index is 4.41. The van der Waals surface area contributed by atoms with Crippen molar-refractivity contribution in [2.24, 2.45) is 10.2 Å². The van der Waals surface area contributed by atoms with Crippen molar-refractivity contribution >= 4 is 23.6 Å². The Morgan fingerprint density at radius 3 is 1.38 bits per heavy atom. The van der Waals surface area contributed by atoms with Crippen LogP contribution in [0, 0.1) is 0 Å². The Hall–Kier alpha value is -2.74. The highest BCUT2D eigenvalue weighted by atomic mass is 15.2. The van der Waals surface area contributed by atoms with Gasteiger partial charge in [-0.15, -0.1) is 0 Å². The van der Waals surface area contributed by atoms with Gasteiger partial charge in [0.25, 0.3) is 0 Å². The van der Waals surface area contributed by atoms with E-state index in [0.29, 0.717) is 0 Å². The van der Waals surface area contributed by atoms with Crippen molar-refractivity contribution in [2.75, 3.05) is 0 Å². The molecule has 0 heterocycles. The third-order valence-corrected chi connectivity index (χ3v) is 3.57. The van der Waals surface area contributed by atoms with Crippen molar-refractivity contribution in [3.05, 3.63) is 83.9 Å². The van der Waals surface area contributed by atoms with Crippen LogP contribution in [0.1, 0.15) is 37.8 Å². The monoisotopic (exact) mass is 316 g/mol. The van der Waals surface area contributed by atoms with Crippen molar-refractivity contribution in [3.63, 3.8) is 0 Å². The van der Waals surface area contributed by atoms with Gasteiger partial charge in [-0.25, -0.2) is 0 Å². The molecule has 24 heavy (non-hydrogen) atoms. The molecular weight excluding hydrogens is 292 g/mol. The summed E-state index contributed by atoms with van der Waals surface area (Å²) in [6.07, 6.45) is 9.92. The predicted molar refractivity (Wildman–Crippen MR) is 106 cm³/mol. The lowest BCUT2D eigenvalue weighted by atomic mass is 10.2.